The van der Waals surface area contributed by atoms with Crippen molar-refractivity contribution in [2.45, 2.75) is 11.4 Å². The number of nitro benzene ring substituents is 1. The summed E-state index contributed by atoms with van der Waals surface area (Å²) >= 11 is 7.44. The normalized spacial score (nSPS) is 10.7. The van der Waals surface area contributed by atoms with Crippen molar-refractivity contribution < 1.29 is 9.72 Å². The summed E-state index contributed by atoms with van der Waals surface area (Å²) in [7, 11) is 1.82. The van der Waals surface area contributed by atoms with Gasteiger partial charge in [-0.25, -0.2) is 0 Å². The lowest BCUT2D eigenvalue weighted by Crippen LogP contribution is -2.30. The summed E-state index contributed by atoms with van der Waals surface area (Å²) in [5.74, 6) is -0.325. The van der Waals surface area contributed by atoms with Crippen molar-refractivity contribution in [3.05, 3.63) is 63.2 Å². The molecule has 1 N–H and O–H groups in total. The fourth-order valence-electron chi connectivity index (χ4n) is 2.29. The van der Waals surface area contributed by atoms with Crippen molar-refractivity contribution in [3.8, 4) is 0 Å². The molecule has 8 heteroatoms. The Balaban J connectivity index is 1.96. The van der Waals surface area contributed by atoms with Crippen molar-refractivity contribution in [1.82, 2.24) is 4.90 Å². The van der Waals surface area contributed by atoms with E-state index in [1.807, 2.05) is 42.5 Å². The highest BCUT2D eigenvalue weighted by atomic mass is 35.5. The summed E-state index contributed by atoms with van der Waals surface area (Å²) in [5, 5.41) is 13.9. The van der Waals surface area contributed by atoms with Gasteiger partial charge in [-0.2, -0.15) is 0 Å². The van der Waals surface area contributed by atoms with E-state index in [0.717, 1.165) is 5.56 Å². The molecule has 2 aromatic carbocycles. The van der Waals surface area contributed by atoms with Gasteiger partial charge in [-0.3, -0.25) is 19.8 Å². The van der Waals surface area contributed by atoms with Crippen LogP contribution in [0, 0.1) is 10.1 Å². The maximum absolute atomic E-state index is 12.2. The number of nitrogens with zero attached hydrogens (tertiary/aromatic N) is 2. The molecule has 0 heterocycles. The van der Waals surface area contributed by atoms with E-state index in [4.69, 9.17) is 11.6 Å². The number of nitro groups is 1. The fraction of sp³-hybridized carbons (Fsp3) is 0.235. The molecule has 2 rings (SSSR count). The predicted octanol–water partition coefficient (Wildman–Crippen LogP) is 4.04. The maximum Gasteiger partial charge on any atom is 0.294 e. The number of carbonyl (C=O) groups is 1. The molecular formula is C17H18ClN3O3S. The third kappa shape index (κ3) is 5.74. The maximum atomic E-state index is 12.2. The van der Waals surface area contributed by atoms with Gasteiger partial charge in [0.15, 0.2) is 0 Å². The lowest BCUT2D eigenvalue weighted by Gasteiger charge is -2.16. The average Bonchev–Trinajstić information content (AvgIpc) is 2.56. The van der Waals surface area contributed by atoms with Gasteiger partial charge in [-0.05, 0) is 43.1 Å². The Bertz CT molecular complexity index is 768. The first kappa shape index (κ1) is 19.2. The molecule has 0 bridgehead atoms. The van der Waals surface area contributed by atoms with Crippen LogP contribution in [0.25, 0.3) is 0 Å². The molecular weight excluding hydrogens is 362 g/mol. The molecule has 0 aliphatic carbocycles. The van der Waals surface area contributed by atoms with Crippen molar-refractivity contribution in [3.63, 3.8) is 0 Å². The van der Waals surface area contributed by atoms with Gasteiger partial charge in [0.05, 0.1) is 11.5 Å². The van der Waals surface area contributed by atoms with Crippen LogP contribution >= 0.6 is 23.4 Å². The quantitative estimate of drug-likeness (QED) is 0.446. The fourth-order valence-corrected chi connectivity index (χ4v) is 2.87. The van der Waals surface area contributed by atoms with Crippen LogP contribution in [0.3, 0.4) is 0 Å². The summed E-state index contributed by atoms with van der Waals surface area (Å²) < 4.78 is 0. The summed E-state index contributed by atoms with van der Waals surface area (Å²) in [4.78, 5) is 25.7. The van der Waals surface area contributed by atoms with Crippen molar-refractivity contribution in [2.24, 2.45) is 0 Å². The third-order valence-electron chi connectivity index (χ3n) is 3.46. The topological polar surface area (TPSA) is 75.5 Å². The van der Waals surface area contributed by atoms with Crippen molar-refractivity contribution in [1.29, 1.82) is 0 Å². The second-order valence-electron chi connectivity index (χ2n) is 5.49. The van der Waals surface area contributed by atoms with Crippen LogP contribution in [0.15, 0.2) is 47.4 Å². The number of carbonyl (C=O) groups excluding carboxylic acids is 1. The SMILES string of the molecule is CSc1ccc(CN(C)CC(=O)Nc2ccc(Cl)cc2[N+](=O)[O-])cc1. The Morgan fingerprint density at radius 2 is 1.96 bits per heavy atom. The predicted molar refractivity (Wildman–Crippen MR) is 101 cm³/mol. The highest BCUT2D eigenvalue weighted by Gasteiger charge is 2.17. The van der Waals surface area contributed by atoms with Crippen LogP contribution in [0.2, 0.25) is 5.02 Å². The van der Waals surface area contributed by atoms with Gasteiger partial charge < -0.3 is 5.32 Å². The van der Waals surface area contributed by atoms with Crippen LogP contribution in [-0.2, 0) is 11.3 Å². The Morgan fingerprint density at radius 1 is 1.28 bits per heavy atom. The number of thioether (sulfide) groups is 1. The number of benzene rings is 2. The number of anilines is 1. The standard InChI is InChI=1S/C17H18ClN3O3S/c1-20(10-12-3-6-14(25-2)7-4-12)11-17(22)19-15-8-5-13(18)9-16(15)21(23)24/h3-9H,10-11H2,1-2H3,(H,19,22). The van der Waals surface area contributed by atoms with Crippen LogP contribution in [-0.4, -0.2) is 35.6 Å². The van der Waals surface area contributed by atoms with E-state index in [0.29, 0.717) is 6.54 Å². The van der Waals surface area contributed by atoms with E-state index < -0.39 is 4.92 Å². The Kier molecular flexibility index (Phi) is 6.81. The zero-order valence-electron chi connectivity index (χ0n) is 13.9. The van der Waals surface area contributed by atoms with Gasteiger partial charge in [0.25, 0.3) is 5.69 Å². The smallest absolute Gasteiger partial charge is 0.294 e. The molecule has 25 heavy (non-hydrogen) atoms. The number of likely N-dealkylation sites (N-methyl/N-ethyl adjacent to an activating group) is 1. The highest BCUT2D eigenvalue weighted by Crippen LogP contribution is 2.27. The average molecular weight is 380 g/mol. The molecule has 1 amide bonds. The minimum atomic E-state index is -0.571. The Hall–Kier alpha value is -2.09. The summed E-state index contributed by atoms with van der Waals surface area (Å²) in [6.07, 6.45) is 2.02. The number of amides is 1. The van der Waals surface area contributed by atoms with E-state index in [1.165, 1.54) is 23.1 Å². The molecule has 0 spiro atoms. The molecule has 0 aliphatic heterocycles. The van der Waals surface area contributed by atoms with Gasteiger partial charge in [0.1, 0.15) is 5.69 Å². The Labute approximate surface area is 155 Å². The van der Waals surface area contributed by atoms with Crippen LogP contribution in [0.1, 0.15) is 5.56 Å². The number of rotatable bonds is 7. The van der Waals surface area contributed by atoms with Gasteiger partial charge in [0, 0.05) is 22.5 Å². The zero-order valence-corrected chi connectivity index (χ0v) is 15.4. The second-order valence-corrected chi connectivity index (χ2v) is 6.80. The summed E-state index contributed by atoms with van der Waals surface area (Å²) in [6.45, 7) is 0.717. The minimum Gasteiger partial charge on any atom is -0.319 e. The number of hydrogen-bond acceptors (Lipinski definition) is 5. The molecule has 2 aromatic rings. The molecule has 0 aromatic heterocycles. The van der Waals surface area contributed by atoms with E-state index in [1.54, 1.807) is 11.8 Å². The summed E-state index contributed by atoms with van der Waals surface area (Å²) in [6, 6.07) is 12.2. The summed E-state index contributed by atoms with van der Waals surface area (Å²) in [5.41, 5.74) is 0.999. The first-order chi connectivity index (χ1) is 11.9. The number of hydrogen-bond donors (Lipinski definition) is 1. The molecule has 0 saturated heterocycles. The Morgan fingerprint density at radius 3 is 2.56 bits per heavy atom. The molecule has 0 atom stereocenters. The van der Waals surface area contributed by atoms with E-state index in [9.17, 15) is 14.9 Å². The molecule has 132 valence electrons. The zero-order chi connectivity index (χ0) is 18.4. The van der Waals surface area contributed by atoms with Crippen molar-refractivity contribution >= 4 is 40.6 Å². The van der Waals surface area contributed by atoms with Gasteiger partial charge >= 0.3 is 0 Å². The first-order valence-corrected chi connectivity index (χ1v) is 9.04. The van der Waals surface area contributed by atoms with E-state index in [-0.39, 0.29) is 28.8 Å². The molecule has 0 fully saturated rings. The lowest BCUT2D eigenvalue weighted by atomic mass is 10.2. The first-order valence-electron chi connectivity index (χ1n) is 7.44. The van der Waals surface area contributed by atoms with Crippen LogP contribution in [0.4, 0.5) is 11.4 Å². The van der Waals surface area contributed by atoms with E-state index in [2.05, 4.69) is 5.32 Å². The minimum absolute atomic E-state index is 0.115. The van der Waals surface area contributed by atoms with Crippen molar-refractivity contribution in [2.75, 3.05) is 25.2 Å². The third-order valence-corrected chi connectivity index (χ3v) is 4.43. The monoisotopic (exact) mass is 379 g/mol. The molecule has 0 radical (unpaired) electrons. The van der Waals surface area contributed by atoms with Gasteiger partial charge in [-0.1, -0.05) is 23.7 Å². The van der Waals surface area contributed by atoms with E-state index >= 15 is 0 Å². The highest BCUT2D eigenvalue weighted by molar-refractivity contribution is 7.98. The lowest BCUT2D eigenvalue weighted by molar-refractivity contribution is -0.383. The molecule has 0 unspecified atom stereocenters. The molecule has 6 nitrogen and oxygen atoms in total. The molecule has 0 saturated carbocycles. The van der Waals surface area contributed by atoms with Crippen LogP contribution in [0.5, 0.6) is 0 Å². The number of nitrogens with one attached hydrogen (secondary N) is 1. The van der Waals surface area contributed by atoms with Gasteiger partial charge in [-0.15, -0.1) is 11.8 Å². The van der Waals surface area contributed by atoms with Crippen LogP contribution < -0.4 is 5.32 Å². The van der Waals surface area contributed by atoms with Gasteiger partial charge in [0.2, 0.25) is 5.91 Å². The number of halogens is 1. The molecule has 0 aliphatic rings. The second kappa shape index (κ2) is 8.84. The largest absolute Gasteiger partial charge is 0.319 e.